The van der Waals surface area contributed by atoms with E-state index in [4.69, 9.17) is 4.52 Å². The minimum absolute atomic E-state index is 0.355. The third kappa shape index (κ3) is 3.66. The SMILES string of the molecule is CCNC1CSCC1c1nc(CCc2ccccc2)no1. The van der Waals surface area contributed by atoms with Gasteiger partial charge in [0.05, 0.1) is 5.92 Å². The van der Waals surface area contributed by atoms with Gasteiger partial charge in [0.15, 0.2) is 5.82 Å². The van der Waals surface area contributed by atoms with Gasteiger partial charge >= 0.3 is 0 Å². The van der Waals surface area contributed by atoms with Gasteiger partial charge in [-0.1, -0.05) is 42.4 Å². The topological polar surface area (TPSA) is 51.0 Å². The Balaban J connectivity index is 1.61. The first kappa shape index (κ1) is 14.6. The summed E-state index contributed by atoms with van der Waals surface area (Å²) in [5, 5.41) is 7.66. The third-order valence-electron chi connectivity index (χ3n) is 3.83. The summed E-state index contributed by atoms with van der Waals surface area (Å²) >= 11 is 1.95. The maximum atomic E-state index is 5.50. The van der Waals surface area contributed by atoms with Crippen molar-refractivity contribution in [3.63, 3.8) is 0 Å². The fourth-order valence-corrected chi connectivity index (χ4v) is 4.05. The predicted octanol–water partition coefficient (Wildman–Crippen LogP) is 2.66. The molecule has 0 bridgehead atoms. The van der Waals surface area contributed by atoms with Gasteiger partial charge in [0, 0.05) is 24.0 Å². The number of aromatic nitrogens is 2. The molecule has 2 aromatic rings. The van der Waals surface area contributed by atoms with Crippen molar-refractivity contribution in [2.75, 3.05) is 18.1 Å². The first-order valence-electron chi connectivity index (χ1n) is 7.54. The van der Waals surface area contributed by atoms with Crippen molar-refractivity contribution in [1.29, 1.82) is 0 Å². The van der Waals surface area contributed by atoms with Gasteiger partial charge in [0.1, 0.15) is 0 Å². The van der Waals surface area contributed by atoms with Crippen LogP contribution in [0.1, 0.15) is 30.1 Å². The van der Waals surface area contributed by atoms with Gasteiger partial charge in [-0.3, -0.25) is 0 Å². The van der Waals surface area contributed by atoms with E-state index in [0.717, 1.165) is 42.6 Å². The molecule has 5 heteroatoms. The molecule has 1 aromatic heterocycles. The highest BCUT2D eigenvalue weighted by molar-refractivity contribution is 7.99. The molecule has 1 saturated heterocycles. The number of nitrogens with zero attached hydrogens (tertiary/aromatic N) is 2. The highest BCUT2D eigenvalue weighted by Crippen LogP contribution is 2.31. The van der Waals surface area contributed by atoms with Crippen LogP contribution in [-0.2, 0) is 12.8 Å². The zero-order chi connectivity index (χ0) is 14.5. The zero-order valence-electron chi connectivity index (χ0n) is 12.3. The summed E-state index contributed by atoms with van der Waals surface area (Å²) in [6, 6.07) is 10.9. The second-order valence-corrected chi connectivity index (χ2v) is 6.42. The predicted molar refractivity (Wildman–Crippen MR) is 85.7 cm³/mol. The summed E-state index contributed by atoms with van der Waals surface area (Å²) in [7, 11) is 0. The van der Waals surface area contributed by atoms with Crippen molar-refractivity contribution in [2.24, 2.45) is 0 Å². The number of thioether (sulfide) groups is 1. The highest BCUT2D eigenvalue weighted by Gasteiger charge is 2.32. The van der Waals surface area contributed by atoms with Gasteiger partial charge in [-0.15, -0.1) is 0 Å². The van der Waals surface area contributed by atoms with Crippen molar-refractivity contribution in [2.45, 2.75) is 31.7 Å². The lowest BCUT2D eigenvalue weighted by atomic mass is 10.0. The number of benzene rings is 1. The molecule has 0 spiro atoms. The van der Waals surface area contributed by atoms with Gasteiger partial charge in [-0.2, -0.15) is 16.7 Å². The number of rotatable bonds is 6. The Labute approximate surface area is 129 Å². The molecular weight excluding hydrogens is 282 g/mol. The molecule has 1 fully saturated rings. The summed E-state index contributed by atoms with van der Waals surface area (Å²) in [5.41, 5.74) is 1.31. The second kappa shape index (κ2) is 7.09. The molecular formula is C16H21N3OS. The lowest BCUT2D eigenvalue weighted by molar-refractivity contribution is 0.337. The number of hydrogen-bond donors (Lipinski definition) is 1. The van der Waals surface area contributed by atoms with E-state index in [9.17, 15) is 0 Å². The largest absolute Gasteiger partial charge is 0.339 e. The Kier molecular flexibility index (Phi) is 4.93. The van der Waals surface area contributed by atoms with E-state index >= 15 is 0 Å². The van der Waals surface area contributed by atoms with Crippen molar-refractivity contribution >= 4 is 11.8 Å². The van der Waals surface area contributed by atoms with E-state index in [1.54, 1.807) is 0 Å². The average molecular weight is 303 g/mol. The van der Waals surface area contributed by atoms with Gasteiger partial charge in [0.2, 0.25) is 5.89 Å². The summed E-state index contributed by atoms with van der Waals surface area (Å²) < 4.78 is 5.50. The molecule has 0 aliphatic carbocycles. The summed E-state index contributed by atoms with van der Waals surface area (Å²) in [6.45, 7) is 3.12. The Hall–Kier alpha value is -1.33. The molecule has 3 rings (SSSR count). The molecule has 1 aromatic carbocycles. The van der Waals surface area contributed by atoms with Gasteiger partial charge in [-0.05, 0) is 18.5 Å². The summed E-state index contributed by atoms with van der Waals surface area (Å²) in [4.78, 5) is 4.61. The van der Waals surface area contributed by atoms with E-state index in [0.29, 0.717) is 12.0 Å². The van der Waals surface area contributed by atoms with Gasteiger partial charge < -0.3 is 9.84 Å². The molecule has 0 saturated carbocycles. The maximum Gasteiger partial charge on any atom is 0.232 e. The number of aryl methyl sites for hydroxylation is 2. The first-order valence-corrected chi connectivity index (χ1v) is 8.70. The van der Waals surface area contributed by atoms with Crippen LogP contribution < -0.4 is 5.32 Å². The van der Waals surface area contributed by atoms with Crippen molar-refractivity contribution in [1.82, 2.24) is 15.5 Å². The van der Waals surface area contributed by atoms with Crippen LogP contribution in [0, 0.1) is 0 Å². The number of nitrogens with one attached hydrogen (secondary N) is 1. The fourth-order valence-electron chi connectivity index (χ4n) is 2.68. The Bertz CT molecular complexity index is 558. The normalized spacial score (nSPS) is 21.8. The minimum Gasteiger partial charge on any atom is -0.339 e. The number of hydrogen-bond acceptors (Lipinski definition) is 5. The Morgan fingerprint density at radius 1 is 1.24 bits per heavy atom. The Morgan fingerprint density at radius 3 is 2.90 bits per heavy atom. The average Bonchev–Trinajstić information content (AvgIpc) is 3.15. The standard InChI is InChI=1S/C16H21N3OS/c1-2-17-14-11-21-10-13(14)16-18-15(19-20-16)9-8-12-6-4-3-5-7-12/h3-7,13-14,17H,2,8-11H2,1H3. The van der Waals surface area contributed by atoms with Crippen LogP contribution in [0.4, 0.5) is 0 Å². The van der Waals surface area contributed by atoms with Crippen LogP contribution in [0.5, 0.6) is 0 Å². The van der Waals surface area contributed by atoms with E-state index < -0.39 is 0 Å². The summed E-state index contributed by atoms with van der Waals surface area (Å²) in [5.74, 6) is 4.17. The molecule has 1 aliphatic rings. The van der Waals surface area contributed by atoms with Crippen molar-refractivity contribution in [3.05, 3.63) is 47.6 Å². The molecule has 2 heterocycles. The van der Waals surface area contributed by atoms with E-state index in [2.05, 4.69) is 46.6 Å². The monoisotopic (exact) mass is 303 g/mol. The molecule has 1 aliphatic heterocycles. The second-order valence-electron chi connectivity index (χ2n) is 5.34. The summed E-state index contributed by atoms with van der Waals surface area (Å²) in [6.07, 6.45) is 1.79. The van der Waals surface area contributed by atoms with Crippen LogP contribution in [0.3, 0.4) is 0 Å². The van der Waals surface area contributed by atoms with Crippen molar-refractivity contribution in [3.8, 4) is 0 Å². The lowest BCUT2D eigenvalue weighted by Gasteiger charge is -2.15. The van der Waals surface area contributed by atoms with Gasteiger partial charge in [0.25, 0.3) is 0 Å². The Morgan fingerprint density at radius 2 is 2.10 bits per heavy atom. The van der Waals surface area contributed by atoms with Crippen LogP contribution in [0.15, 0.2) is 34.9 Å². The maximum absolute atomic E-state index is 5.50. The van der Waals surface area contributed by atoms with Crippen molar-refractivity contribution < 1.29 is 4.52 Å². The zero-order valence-corrected chi connectivity index (χ0v) is 13.1. The molecule has 1 N–H and O–H groups in total. The first-order chi connectivity index (χ1) is 10.4. The molecule has 0 radical (unpaired) electrons. The fraction of sp³-hybridized carbons (Fsp3) is 0.500. The lowest BCUT2D eigenvalue weighted by Crippen LogP contribution is -2.34. The third-order valence-corrected chi connectivity index (χ3v) is 5.02. The van der Waals surface area contributed by atoms with Crippen LogP contribution >= 0.6 is 11.8 Å². The molecule has 2 atom stereocenters. The van der Waals surface area contributed by atoms with Crippen LogP contribution in [-0.4, -0.2) is 34.2 Å². The minimum atomic E-state index is 0.355. The smallest absolute Gasteiger partial charge is 0.232 e. The molecule has 0 amide bonds. The molecule has 21 heavy (non-hydrogen) atoms. The number of likely N-dealkylation sites (N-methyl/N-ethyl adjacent to an activating group) is 1. The highest BCUT2D eigenvalue weighted by atomic mass is 32.2. The van der Waals surface area contributed by atoms with Crippen LogP contribution in [0.2, 0.25) is 0 Å². The molecule has 2 unspecified atom stereocenters. The molecule has 4 nitrogen and oxygen atoms in total. The van der Waals surface area contributed by atoms with Gasteiger partial charge in [-0.25, -0.2) is 0 Å². The van der Waals surface area contributed by atoms with E-state index in [-0.39, 0.29) is 0 Å². The quantitative estimate of drug-likeness (QED) is 0.889. The van der Waals surface area contributed by atoms with E-state index in [1.807, 2.05) is 17.8 Å². The molecule has 112 valence electrons. The van der Waals surface area contributed by atoms with E-state index in [1.165, 1.54) is 5.56 Å². The van der Waals surface area contributed by atoms with Crippen LogP contribution in [0.25, 0.3) is 0 Å².